The number of aliphatic hydroxyl groups is 1. The number of benzene rings is 1. The van der Waals surface area contributed by atoms with Gasteiger partial charge < -0.3 is 9.52 Å². The first-order chi connectivity index (χ1) is 11.7. The zero-order valence-corrected chi connectivity index (χ0v) is 13.8. The van der Waals surface area contributed by atoms with Crippen molar-refractivity contribution in [2.75, 3.05) is 6.61 Å². The molecule has 24 heavy (non-hydrogen) atoms. The molecular weight excluding hydrogens is 302 g/mol. The maximum absolute atomic E-state index is 9.33. The molecule has 4 rings (SSSR count). The van der Waals surface area contributed by atoms with E-state index in [0.29, 0.717) is 24.0 Å². The standard InChI is InChI=1S/C19H21N3O2/c1-13-6-9-17(24-13)19-20-18(22(21-19)10-11-23)12-15-8-7-14-4-2-3-5-16(14)15/h2-6,9,15,23H,7-8,10-12H2,1H3. The lowest BCUT2D eigenvalue weighted by atomic mass is 9.97. The van der Waals surface area contributed by atoms with Gasteiger partial charge in [0, 0.05) is 6.42 Å². The van der Waals surface area contributed by atoms with E-state index in [0.717, 1.165) is 30.8 Å². The summed E-state index contributed by atoms with van der Waals surface area (Å²) in [7, 11) is 0. The molecule has 0 saturated heterocycles. The summed E-state index contributed by atoms with van der Waals surface area (Å²) in [6.45, 7) is 2.41. The normalized spacial score (nSPS) is 16.5. The number of nitrogens with zero attached hydrogens (tertiary/aromatic N) is 3. The van der Waals surface area contributed by atoms with Crippen LogP contribution in [0, 0.1) is 6.92 Å². The second kappa shape index (κ2) is 6.24. The highest BCUT2D eigenvalue weighted by atomic mass is 16.3. The quantitative estimate of drug-likeness (QED) is 0.783. The Kier molecular flexibility index (Phi) is 3.94. The third-order valence-electron chi connectivity index (χ3n) is 4.71. The molecule has 2 aromatic heterocycles. The van der Waals surface area contributed by atoms with Gasteiger partial charge in [-0.05, 0) is 48.9 Å². The van der Waals surface area contributed by atoms with Gasteiger partial charge in [-0.2, -0.15) is 0 Å². The Balaban J connectivity index is 1.64. The van der Waals surface area contributed by atoms with Crippen molar-refractivity contribution in [2.24, 2.45) is 0 Å². The monoisotopic (exact) mass is 323 g/mol. The van der Waals surface area contributed by atoms with Crippen molar-refractivity contribution in [1.29, 1.82) is 0 Å². The number of aromatic nitrogens is 3. The summed E-state index contributed by atoms with van der Waals surface area (Å²) in [6, 6.07) is 12.4. The summed E-state index contributed by atoms with van der Waals surface area (Å²) in [5, 5.41) is 13.9. The molecule has 124 valence electrons. The fraction of sp³-hybridized carbons (Fsp3) is 0.368. The molecule has 0 spiro atoms. The largest absolute Gasteiger partial charge is 0.458 e. The molecule has 5 heteroatoms. The van der Waals surface area contributed by atoms with E-state index in [4.69, 9.17) is 9.40 Å². The van der Waals surface area contributed by atoms with E-state index in [1.54, 1.807) is 0 Å². The maximum atomic E-state index is 9.33. The van der Waals surface area contributed by atoms with E-state index in [9.17, 15) is 5.11 Å². The average molecular weight is 323 g/mol. The van der Waals surface area contributed by atoms with Crippen LogP contribution in [0.2, 0.25) is 0 Å². The first-order valence-corrected chi connectivity index (χ1v) is 8.44. The van der Waals surface area contributed by atoms with Crippen molar-refractivity contribution in [3.8, 4) is 11.6 Å². The summed E-state index contributed by atoms with van der Waals surface area (Å²) >= 11 is 0. The molecule has 1 N–H and O–H groups in total. The molecule has 0 saturated carbocycles. The van der Waals surface area contributed by atoms with Crippen molar-refractivity contribution in [3.05, 3.63) is 59.1 Å². The number of hydrogen-bond donors (Lipinski definition) is 1. The Hall–Kier alpha value is -2.40. The fourth-order valence-corrected chi connectivity index (χ4v) is 3.54. The predicted molar refractivity (Wildman–Crippen MR) is 90.8 cm³/mol. The summed E-state index contributed by atoms with van der Waals surface area (Å²) in [4.78, 5) is 4.70. The number of furan rings is 1. The van der Waals surface area contributed by atoms with Crippen LogP contribution in [0.4, 0.5) is 0 Å². The van der Waals surface area contributed by atoms with Crippen molar-refractivity contribution in [3.63, 3.8) is 0 Å². The van der Waals surface area contributed by atoms with E-state index < -0.39 is 0 Å². The van der Waals surface area contributed by atoms with Crippen LogP contribution in [-0.4, -0.2) is 26.5 Å². The van der Waals surface area contributed by atoms with Gasteiger partial charge in [0.2, 0.25) is 5.82 Å². The minimum Gasteiger partial charge on any atom is -0.458 e. The summed E-state index contributed by atoms with van der Waals surface area (Å²) in [6.07, 6.45) is 3.10. The average Bonchev–Trinajstić information content (AvgIpc) is 3.28. The van der Waals surface area contributed by atoms with Crippen LogP contribution < -0.4 is 0 Å². The molecule has 0 aliphatic heterocycles. The van der Waals surface area contributed by atoms with Crippen LogP contribution in [0.1, 0.15) is 35.1 Å². The third kappa shape index (κ3) is 2.76. The summed E-state index contributed by atoms with van der Waals surface area (Å²) < 4.78 is 7.46. The van der Waals surface area contributed by atoms with E-state index in [2.05, 4.69) is 29.4 Å². The molecule has 3 aromatic rings. The van der Waals surface area contributed by atoms with Gasteiger partial charge in [-0.1, -0.05) is 24.3 Å². The molecule has 0 fully saturated rings. The van der Waals surface area contributed by atoms with Gasteiger partial charge in [-0.3, -0.25) is 0 Å². The van der Waals surface area contributed by atoms with Crippen molar-refractivity contribution in [1.82, 2.24) is 14.8 Å². The molecule has 1 aliphatic rings. The highest BCUT2D eigenvalue weighted by Gasteiger charge is 2.25. The van der Waals surface area contributed by atoms with Gasteiger partial charge in [0.1, 0.15) is 11.6 Å². The number of fused-ring (bicyclic) bond motifs is 1. The minimum absolute atomic E-state index is 0.0498. The molecule has 1 aliphatic carbocycles. The minimum atomic E-state index is 0.0498. The fourth-order valence-electron chi connectivity index (χ4n) is 3.54. The second-order valence-electron chi connectivity index (χ2n) is 6.35. The van der Waals surface area contributed by atoms with E-state index in [-0.39, 0.29) is 6.61 Å². The summed E-state index contributed by atoms with van der Waals surface area (Å²) in [5.41, 5.74) is 2.86. The van der Waals surface area contributed by atoms with Gasteiger partial charge >= 0.3 is 0 Å². The number of rotatable bonds is 5. The second-order valence-corrected chi connectivity index (χ2v) is 6.35. The molecule has 0 amide bonds. The van der Waals surface area contributed by atoms with Gasteiger partial charge in [-0.25, -0.2) is 9.67 Å². The van der Waals surface area contributed by atoms with Gasteiger partial charge in [0.15, 0.2) is 5.76 Å². The van der Waals surface area contributed by atoms with Crippen LogP contribution in [-0.2, 0) is 19.4 Å². The van der Waals surface area contributed by atoms with Crippen molar-refractivity contribution >= 4 is 0 Å². The number of aryl methyl sites for hydroxylation is 2. The molecule has 0 radical (unpaired) electrons. The van der Waals surface area contributed by atoms with Gasteiger partial charge in [0.05, 0.1) is 13.2 Å². The molecule has 1 atom stereocenters. The lowest BCUT2D eigenvalue weighted by Crippen LogP contribution is -2.11. The predicted octanol–water partition coefficient (Wildman–Crippen LogP) is 3.11. The van der Waals surface area contributed by atoms with Gasteiger partial charge in [-0.15, -0.1) is 5.10 Å². The Morgan fingerprint density at radius 2 is 2.12 bits per heavy atom. The lowest BCUT2D eigenvalue weighted by molar-refractivity contribution is 0.266. The topological polar surface area (TPSA) is 64.1 Å². The lowest BCUT2D eigenvalue weighted by Gasteiger charge is -2.11. The van der Waals surface area contributed by atoms with E-state index in [1.165, 1.54) is 11.1 Å². The van der Waals surface area contributed by atoms with Crippen LogP contribution in [0.3, 0.4) is 0 Å². The Labute approximate surface area is 141 Å². The van der Waals surface area contributed by atoms with Crippen molar-refractivity contribution < 1.29 is 9.52 Å². The van der Waals surface area contributed by atoms with Gasteiger partial charge in [0.25, 0.3) is 0 Å². The SMILES string of the molecule is Cc1ccc(-c2nc(CC3CCc4ccccc43)n(CCO)n2)o1. The molecule has 1 aromatic carbocycles. The smallest absolute Gasteiger partial charge is 0.217 e. The highest BCUT2D eigenvalue weighted by molar-refractivity contribution is 5.46. The van der Waals surface area contributed by atoms with Crippen LogP contribution in [0.15, 0.2) is 40.8 Å². The van der Waals surface area contributed by atoms with E-state index >= 15 is 0 Å². The zero-order chi connectivity index (χ0) is 16.5. The van der Waals surface area contributed by atoms with E-state index in [1.807, 2.05) is 23.7 Å². The number of aliphatic hydroxyl groups excluding tert-OH is 1. The molecular formula is C19H21N3O2. The third-order valence-corrected chi connectivity index (χ3v) is 4.71. The Morgan fingerprint density at radius 3 is 2.92 bits per heavy atom. The Bertz CT molecular complexity index is 850. The van der Waals surface area contributed by atoms with Crippen molar-refractivity contribution in [2.45, 2.75) is 38.6 Å². The van der Waals surface area contributed by atoms with Crippen LogP contribution in [0.5, 0.6) is 0 Å². The van der Waals surface area contributed by atoms with Crippen LogP contribution >= 0.6 is 0 Å². The Morgan fingerprint density at radius 1 is 1.25 bits per heavy atom. The maximum Gasteiger partial charge on any atom is 0.217 e. The first-order valence-electron chi connectivity index (χ1n) is 8.44. The first kappa shape index (κ1) is 15.1. The number of hydrogen-bond acceptors (Lipinski definition) is 4. The zero-order valence-electron chi connectivity index (χ0n) is 13.8. The molecule has 5 nitrogen and oxygen atoms in total. The van der Waals surface area contributed by atoms with Crippen LogP contribution in [0.25, 0.3) is 11.6 Å². The molecule has 1 unspecified atom stereocenters. The summed E-state index contributed by atoms with van der Waals surface area (Å²) in [5.74, 6) is 3.49. The molecule has 0 bridgehead atoms. The highest BCUT2D eigenvalue weighted by Crippen LogP contribution is 2.35. The molecule has 2 heterocycles.